The molecule has 142 valence electrons. The molecule has 0 radical (unpaired) electrons. The smallest absolute Gasteiger partial charge is 0.194 e. The van der Waals surface area contributed by atoms with Crippen molar-refractivity contribution in [1.82, 2.24) is 10.2 Å². The Hall–Kier alpha value is -0.0900. The van der Waals surface area contributed by atoms with Gasteiger partial charge in [0.15, 0.2) is 5.96 Å². The average molecular weight is 473 g/mol. The minimum absolute atomic E-state index is 0. The first-order valence-corrected chi connectivity index (χ1v) is 10.8. The monoisotopic (exact) mass is 473 g/mol. The van der Waals surface area contributed by atoms with Gasteiger partial charge in [-0.05, 0) is 31.6 Å². The molecule has 1 saturated heterocycles. The molecule has 1 aliphatic carbocycles. The van der Waals surface area contributed by atoms with Crippen LogP contribution in [0.15, 0.2) is 4.99 Å². The van der Waals surface area contributed by atoms with Gasteiger partial charge < -0.3 is 15.0 Å². The highest BCUT2D eigenvalue weighted by Gasteiger charge is 2.35. The second kappa shape index (κ2) is 10.8. The number of rotatable bonds is 7. The van der Waals surface area contributed by atoms with Gasteiger partial charge in [-0.2, -0.15) is 0 Å². The molecule has 1 aliphatic heterocycles. The first kappa shape index (κ1) is 22.0. The van der Waals surface area contributed by atoms with Crippen molar-refractivity contribution in [3.05, 3.63) is 0 Å². The van der Waals surface area contributed by atoms with Crippen molar-refractivity contribution in [2.45, 2.75) is 32.6 Å². The van der Waals surface area contributed by atoms with Crippen molar-refractivity contribution in [1.29, 1.82) is 0 Å². The fourth-order valence-electron chi connectivity index (χ4n) is 3.53. The second-order valence-electron chi connectivity index (χ2n) is 6.69. The fourth-order valence-corrected chi connectivity index (χ4v) is 3.95. The van der Waals surface area contributed by atoms with E-state index in [1.165, 1.54) is 31.9 Å². The lowest BCUT2D eigenvalue weighted by Gasteiger charge is -2.22. The molecule has 2 aliphatic rings. The molecule has 24 heavy (non-hydrogen) atoms. The van der Waals surface area contributed by atoms with Gasteiger partial charge >= 0.3 is 0 Å². The van der Waals surface area contributed by atoms with Crippen LogP contribution in [-0.2, 0) is 14.6 Å². The van der Waals surface area contributed by atoms with Crippen LogP contribution in [-0.4, -0.2) is 70.7 Å². The van der Waals surface area contributed by atoms with Gasteiger partial charge in [-0.1, -0.05) is 12.8 Å². The molecule has 2 unspecified atom stereocenters. The summed E-state index contributed by atoms with van der Waals surface area (Å²) >= 11 is 0. The number of guanidine groups is 1. The van der Waals surface area contributed by atoms with Crippen molar-refractivity contribution in [2.24, 2.45) is 16.8 Å². The number of aliphatic imine (C=N–C) groups is 1. The first-order valence-electron chi connectivity index (χ1n) is 8.78. The summed E-state index contributed by atoms with van der Waals surface area (Å²) in [5.74, 6) is 2.72. The highest BCUT2D eigenvalue weighted by molar-refractivity contribution is 14.0. The molecule has 8 heteroatoms. The quantitative estimate of drug-likeness (QED) is 0.264. The van der Waals surface area contributed by atoms with Crippen LogP contribution >= 0.6 is 24.0 Å². The van der Waals surface area contributed by atoms with E-state index >= 15 is 0 Å². The van der Waals surface area contributed by atoms with Gasteiger partial charge in [-0.15, -0.1) is 24.0 Å². The van der Waals surface area contributed by atoms with Gasteiger partial charge in [0.1, 0.15) is 9.84 Å². The van der Waals surface area contributed by atoms with E-state index in [0.29, 0.717) is 13.2 Å². The molecular formula is C16H32IN3O3S. The SMILES string of the molecule is CCNC(=NCCOCCS(C)(=O)=O)N1CC2CCCCC2C1.I. The van der Waals surface area contributed by atoms with Gasteiger partial charge in [-0.25, -0.2) is 8.42 Å². The van der Waals surface area contributed by atoms with Crippen LogP contribution in [0.25, 0.3) is 0 Å². The molecule has 2 fully saturated rings. The zero-order valence-corrected chi connectivity index (χ0v) is 18.0. The lowest BCUT2D eigenvalue weighted by Crippen LogP contribution is -2.40. The number of hydrogen-bond acceptors (Lipinski definition) is 4. The topological polar surface area (TPSA) is 71.0 Å². The minimum atomic E-state index is -2.94. The lowest BCUT2D eigenvalue weighted by molar-refractivity contribution is 0.157. The minimum Gasteiger partial charge on any atom is -0.378 e. The molecule has 0 amide bonds. The highest BCUT2D eigenvalue weighted by atomic mass is 127. The van der Waals surface area contributed by atoms with E-state index in [9.17, 15) is 8.42 Å². The van der Waals surface area contributed by atoms with Gasteiger partial charge in [0.05, 0.1) is 25.5 Å². The van der Waals surface area contributed by atoms with Gasteiger partial charge in [0, 0.05) is 25.9 Å². The molecule has 0 aromatic rings. The number of nitrogens with zero attached hydrogens (tertiary/aromatic N) is 2. The van der Waals surface area contributed by atoms with Gasteiger partial charge in [-0.3, -0.25) is 4.99 Å². The molecule has 1 heterocycles. The van der Waals surface area contributed by atoms with Gasteiger partial charge in [0.25, 0.3) is 0 Å². The zero-order valence-electron chi connectivity index (χ0n) is 14.9. The van der Waals surface area contributed by atoms with Crippen LogP contribution in [0, 0.1) is 11.8 Å². The standard InChI is InChI=1S/C16H31N3O3S.HI/c1-3-17-16(18-8-9-22-10-11-23(2,20)21)19-12-14-6-4-5-7-15(14)13-19;/h14-15H,3-13H2,1-2H3,(H,17,18);1H. The Morgan fingerprint density at radius 1 is 1.21 bits per heavy atom. The summed E-state index contributed by atoms with van der Waals surface area (Å²) in [6, 6.07) is 0. The Kier molecular flexibility index (Phi) is 9.88. The average Bonchev–Trinajstić information content (AvgIpc) is 2.92. The Morgan fingerprint density at radius 3 is 2.38 bits per heavy atom. The predicted octanol–water partition coefficient (Wildman–Crippen LogP) is 1.75. The molecule has 2 rings (SSSR count). The molecule has 6 nitrogen and oxygen atoms in total. The summed E-state index contributed by atoms with van der Waals surface area (Å²) in [5, 5.41) is 3.37. The zero-order chi connectivity index (χ0) is 16.7. The van der Waals surface area contributed by atoms with Crippen LogP contribution in [0.4, 0.5) is 0 Å². The molecular weight excluding hydrogens is 441 g/mol. The molecule has 0 aromatic heterocycles. The van der Waals surface area contributed by atoms with Crippen LogP contribution in [0.2, 0.25) is 0 Å². The number of sulfone groups is 1. The third kappa shape index (κ3) is 7.43. The number of likely N-dealkylation sites (tertiary alicyclic amines) is 1. The maximum atomic E-state index is 11.0. The third-order valence-corrected chi connectivity index (χ3v) is 5.61. The lowest BCUT2D eigenvalue weighted by atomic mass is 9.82. The normalized spacial score (nSPS) is 24.4. The maximum absolute atomic E-state index is 11.0. The van der Waals surface area contributed by atoms with Crippen molar-refractivity contribution >= 4 is 39.8 Å². The van der Waals surface area contributed by atoms with E-state index in [2.05, 4.69) is 22.1 Å². The molecule has 0 aromatic carbocycles. The molecule has 1 N–H and O–H groups in total. The molecule has 2 atom stereocenters. The molecule has 0 spiro atoms. The van der Waals surface area contributed by atoms with Crippen LogP contribution in [0.5, 0.6) is 0 Å². The summed E-state index contributed by atoms with van der Waals surface area (Å²) in [6.07, 6.45) is 6.68. The first-order chi connectivity index (χ1) is 11.0. The van der Waals surface area contributed by atoms with Gasteiger partial charge in [0.2, 0.25) is 0 Å². The Balaban J connectivity index is 0.00000288. The highest BCUT2D eigenvalue weighted by Crippen LogP contribution is 2.35. The molecule has 0 bridgehead atoms. The number of nitrogens with one attached hydrogen (secondary N) is 1. The third-order valence-electron chi connectivity index (χ3n) is 4.71. The Morgan fingerprint density at radius 2 is 1.83 bits per heavy atom. The van der Waals surface area contributed by atoms with Crippen LogP contribution in [0.1, 0.15) is 32.6 Å². The van der Waals surface area contributed by atoms with Crippen molar-refractivity contribution in [2.75, 3.05) is 51.4 Å². The van der Waals surface area contributed by atoms with Crippen molar-refractivity contribution in [3.63, 3.8) is 0 Å². The number of halogens is 1. The summed E-state index contributed by atoms with van der Waals surface area (Å²) in [7, 11) is -2.94. The summed E-state index contributed by atoms with van der Waals surface area (Å²) in [4.78, 5) is 7.03. The second-order valence-corrected chi connectivity index (χ2v) is 8.95. The van der Waals surface area contributed by atoms with E-state index in [1.807, 2.05) is 0 Å². The van der Waals surface area contributed by atoms with Crippen molar-refractivity contribution in [3.8, 4) is 0 Å². The Labute approximate surface area is 163 Å². The number of ether oxygens (including phenoxy) is 1. The van der Waals surface area contributed by atoms with E-state index in [1.54, 1.807) is 0 Å². The summed E-state index contributed by atoms with van der Waals surface area (Å²) in [6.45, 7) is 6.46. The summed E-state index contributed by atoms with van der Waals surface area (Å²) < 4.78 is 27.4. The van der Waals surface area contributed by atoms with E-state index < -0.39 is 9.84 Å². The summed E-state index contributed by atoms with van der Waals surface area (Å²) in [5.41, 5.74) is 0. The maximum Gasteiger partial charge on any atom is 0.194 e. The van der Waals surface area contributed by atoms with Crippen LogP contribution < -0.4 is 5.32 Å². The largest absolute Gasteiger partial charge is 0.378 e. The van der Waals surface area contributed by atoms with E-state index in [0.717, 1.165) is 37.4 Å². The Bertz CT molecular complexity index is 485. The fraction of sp³-hybridized carbons (Fsp3) is 0.938. The predicted molar refractivity (Wildman–Crippen MR) is 109 cm³/mol. The van der Waals surface area contributed by atoms with Crippen molar-refractivity contribution < 1.29 is 13.2 Å². The molecule has 1 saturated carbocycles. The van der Waals surface area contributed by atoms with E-state index in [4.69, 9.17) is 4.74 Å². The van der Waals surface area contributed by atoms with E-state index in [-0.39, 0.29) is 36.3 Å². The van der Waals surface area contributed by atoms with Crippen LogP contribution in [0.3, 0.4) is 0 Å². The number of hydrogen-bond donors (Lipinski definition) is 1. The number of fused-ring (bicyclic) bond motifs is 1.